The number of hydrogen-bond acceptors (Lipinski definition) is 3. The Kier molecular flexibility index (Phi) is 5.49. The highest BCUT2D eigenvalue weighted by Crippen LogP contribution is 2.12. The van der Waals surface area contributed by atoms with E-state index in [1.165, 1.54) is 0 Å². The predicted molar refractivity (Wildman–Crippen MR) is 71.9 cm³/mol. The molecule has 0 bridgehead atoms. The molecule has 4 nitrogen and oxygen atoms in total. The van der Waals surface area contributed by atoms with Gasteiger partial charge in [-0.1, -0.05) is 13.0 Å². The van der Waals surface area contributed by atoms with E-state index in [0.29, 0.717) is 12.1 Å². The van der Waals surface area contributed by atoms with Crippen LogP contribution in [0, 0.1) is 0 Å². The Morgan fingerprint density at radius 1 is 1.47 bits per heavy atom. The lowest BCUT2D eigenvalue weighted by atomic mass is 10.2. The summed E-state index contributed by atoms with van der Waals surface area (Å²) >= 11 is 0. The van der Waals surface area contributed by atoms with Gasteiger partial charge in [0, 0.05) is 17.8 Å². The van der Waals surface area contributed by atoms with Crippen LogP contribution in [0.4, 0.5) is 11.4 Å². The van der Waals surface area contributed by atoms with Crippen molar-refractivity contribution in [2.24, 2.45) is 0 Å². The van der Waals surface area contributed by atoms with Gasteiger partial charge in [-0.2, -0.15) is 0 Å². The summed E-state index contributed by atoms with van der Waals surface area (Å²) in [4.78, 5) is 13.8. The number of nitrogens with zero attached hydrogens (tertiary/aromatic N) is 1. The molecule has 0 aliphatic heterocycles. The lowest BCUT2D eigenvalue weighted by Crippen LogP contribution is -2.20. The molecule has 1 amide bonds. The first-order valence-electron chi connectivity index (χ1n) is 5.95. The molecular weight excluding hydrogens is 214 g/mol. The number of nitrogens with one attached hydrogen (secondary N) is 1. The predicted octanol–water partition coefficient (Wildman–Crippen LogP) is 1.94. The van der Waals surface area contributed by atoms with Gasteiger partial charge in [-0.25, -0.2) is 0 Å². The van der Waals surface area contributed by atoms with Gasteiger partial charge in [0.2, 0.25) is 5.91 Å². The molecule has 1 aromatic rings. The average Bonchev–Trinajstić information content (AvgIpc) is 2.28. The molecule has 0 atom stereocenters. The third kappa shape index (κ3) is 5.36. The fraction of sp³-hybridized carbons (Fsp3) is 0.462. The molecule has 1 rings (SSSR count). The molecule has 0 radical (unpaired) electrons. The minimum Gasteiger partial charge on any atom is -0.399 e. The Hall–Kier alpha value is -1.55. The maximum atomic E-state index is 11.6. The lowest BCUT2D eigenvalue weighted by molar-refractivity contribution is -0.116. The smallest absolute Gasteiger partial charge is 0.224 e. The summed E-state index contributed by atoms with van der Waals surface area (Å²) in [5.74, 6) is 0.0418. The monoisotopic (exact) mass is 235 g/mol. The maximum Gasteiger partial charge on any atom is 0.224 e. The third-order valence-corrected chi connectivity index (χ3v) is 2.65. The number of rotatable bonds is 6. The molecule has 0 unspecified atom stereocenters. The standard InChI is InChI=1S/C13H21N3O/c1-3-16(2)9-5-8-13(17)15-12-7-4-6-11(14)10-12/h4,6-7,10H,3,5,8-9,14H2,1-2H3,(H,15,17). The van der Waals surface area contributed by atoms with Gasteiger partial charge in [0.1, 0.15) is 0 Å². The molecule has 94 valence electrons. The number of benzene rings is 1. The van der Waals surface area contributed by atoms with Gasteiger partial charge < -0.3 is 16.0 Å². The molecule has 0 fully saturated rings. The van der Waals surface area contributed by atoms with E-state index in [9.17, 15) is 4.79 Å². The van der Waals surface area contributed by atoms with Gasteiger partial charge in [-0.05, 0) is 44.8 Å². The third-order valence-electron chi connectivity index (χ3n) is 2.65. The van der Waals surface area contributed by atoms with Crippen molar-refractivity contribution in [3.63, 3.8) is 0 Å². The number of nitrogen functional groups attached to an aromatic ring is 1. The van der Waals surface area contributed by atoms with Crippen molar-refractivity contribution in [1.29, 1.82) is 0 Å². The molecule has 4 heteroatoms. The highest BCUT2D eigenvalue weighted by Gasteiger charge is 2.03. The average molecular weight is 235 g/mol. The summed E-state index contributed by atoms with van der Waals surface area (Å²) in [5, 5.41) is 2.84. The van der Waals surface area contributed by atoms with Gasteiger partial charge in [0.25, 0.3) is 0 Å². The van der Waals surface area contributed by atoms with Crippen molar-refractivity contribution < 1.29 is 4.79 Å². The van der Waals surface area contributed by atoms with Crippen LogP contribution in [0.3, 0.4) is 0 Å². The number of carbonyl (C=O) groups is 1. The van der Waals surface area contributed by atoms with Crippen LogP contribution in [0.5, 0.6) is 0 Å². The van der Waals surface area contributed by atoms with Crippen LogP contribution in [-0.2, 0) is 4.79 Å². The minimum atomic E-state index is 0.0418. The van der Waals surface area contributed by atoms with Crippen molar-refractivity contribution in [2.75, 3.05) is 31.2 Å². The van der Waals surface area contributed by atoms with E-state index >= 15 is 0 Å². The molecule has 0 saturated heterocycles. The van der Waals surface area contributed by atoms with Crippen LogP contribution in [0.1, 0.15) is 19.8 Å². The maximum absolute atomic E-state index is 11.6. The Bertz CT molecular complexity index is 365. The zero-order chi connectivity index (χ0) is 12.7. The van der Waals surface area contributed by atoms with Gasteiger partial charge in [0.05, 0.1) is 0 Å². The first-order chi connectivity index (χ1) is 8.11. The molecule has 0 spiro atoms. The zero-order valence-electron chi connectivity index (χ0n) is 10.6. The fourth-order valence-corrected chi connectivity index (χ4v) is 1.51. The van der Waals surface area contributed by atoms with E-state index in [1.807, 2.05) is 12.1 Å². The van der Waals surface area contributed by atoms with Crippen LogP contribution in [-0.4, -0.2) is 30.9 Å². The molecule has 0 aromatic heterocycles. The summed E-state index contributed by atoms with van der Waals surface area (Å²) in [6.45, 7) is 4.06. The molecule has 0 aliphatic rings. The zero-order valence-corrected chi connectivity index (χ0v) is 10.6. The minimum absolute atomic E-state index is 0.0418. The molecule has 17 heavy (non-hydrogen) atoms. The van der Waals surface area contributed by atoms with Crippen LogP contribution in [0.25, 0.3) is 0 Å². The largest absolute Gasteiger partial charge is 0.399 e. The van der Waals surface area contributed by atoms with E-state index in [2.05, 4.69) is 24.2 Å². The number of carbonyl (C=O) groups excluding carboxylic acids is 1. The fourth-order valence-electron chi connectivity index (χ4n) is 1.51. The lowest BCUT2D eigenvalue weighted by Gasteiger charge is -2.13. The SMILES string of the molecule is CCN(C)CCCC(=O)Nc1cccc(N)c1. The van der Waals surface area contributed by atoms with Gasteiger partial charge >= 0.3 is 0 Å². The van der Waals surface area contributed by atoms with Crippen LogP contribution < -0.4 is 11.1 Å². The van der Waals surface area contributed by atoms with E-state index < -0.39 is 0 Å². The van der Waals surface area contributed by atoms with Crippen LogP contribution in [0.15, 0.2) is 24.3 Å². The van der Waals surface area contributed by atoms with E-state index in [0.717, 1.165) is 25.2 Å². The van der Waals surface area contributed by atoms with E-state index in [4.69, 9.17) is 5.73 Å². The van der Waals surface area contributed by atoms with Crippen molar-refractivity contribution in [1.82, 2.24) is 4.90 Å². The molecule has 1 aromatic carbocycles. The quantitative estimate of drug-likeness (QED) is 0.741. The molecule has 3 N–H and O–H groups in total. The van der Waals surface area contributed by atoms with Crippen molar-refractivity contribution in [3.8, 4) is 0 Å². The summed E-state index contributed by atoms with van der Waals surface area (Å²) in [6.07, 6.45) is 1.41. The Morgan fingerprint density at radius 3 is 2.88 bits per heavy atom. The Balaban J connectivity index is 2.30. The first-order valence-corrected chi connectivity index (χ1v) is 5.95. The van der Waals surface area contributed by atoms with E-state index in [-0.39, 0.29) is 5.91 Å². The van der Waals surface area contributed by atoms with Crippen molar-refractivity contribution in [2.45, 2.75) is 19.8 Å². The van der Waals surface area contributed by atoms with Crippen LogP contribution in [0.2, 0.25) is 0 Å². The normalized spacial score (nSPS) is 10.5. The Labute approximate surface area is 103 Å². The van der Waals surface area contributed by atoms with Gasteiger partial charge in [-0.3, -0.25) is 4.79 Å². The topological polar surface area (TPSA) is 58.4 Å². The number of amides is 1. The summed E-state index contributed by atoms with van der Waals surface area (Å²) in [6, 6.07) is 7.23. The molecule has 0 saturated carbocycles. The molecular formula is C13H21N3O. The summed E-state index contributed by atoms with van der Waals surface area (Å²) < 4.78 is 0. The number of hydrogen-bond donors (Lipinski definition) is 2. The van der Waals surface area contributed by atoms with Crippen molar-refractivity contribution in [3.05, 3.63) is 24.3 Å². The number of anilines is 2. The second kappa shape index (κ2) is 6.91. The first kappa shape index (κ1) is 13.5. The van der Waals surface area contributed by atoms with Gasteiger partial charge in [0.15, 0.2) is 0 Å². The van der Waals surface area contributed by atoms with Gasteiger partial charge in [-0.15, -0.1) is 0 Å². The highest BCUT2D eigenvalue weighted by atomic mass is 16.1. The summed E-state index contributed by atoms with van der Waals surface area (Å²) in [7, 11) is 2.05. The molecule has 0 aliphatic carbocycles. The Morgan fingerprint density at radius 2 is 2.24 bits per heavy atom. The second-order valence-electron chi connectivity index (χ2n) is 4.17. The molecule has 0 heterocycles. The second-order valence-corrected chi connectivity index (χ2v) is 4.17. The number of nitrogens with two attached hydrogens (primary N) is 1. The summed E-state index contributed by atoms with van der Waals surface area (Å²) in [5.41, 5.74) is 7.06. The highest BCUT2D eigenvalue weighted by molar-refractivity contribution is 5.91. The van der Waals surface area contributed by atoms with Crippen LogP contribution >= 0.6 is 0 Å². The van der Waals surface area contributed by atoms with Crippen molar-refractivity contribution >= 4 is 17.3 Å². The van der Waals surface area contributed by atoms with E-state index in [1.54, 1.807) is 12.1 Å².